The zero-order chi connectivity index (χ0) is 13.1. The van der Waals surface area contributed by atoms with E-state index in [4.69, 9.17) is 18.9 Å². The molecule has 0 spiro atoms. The van der Waals surface area contributed by atoms with Crippen molar-refractivity contribution in [2.45, 2.75) is 25.6 Å². The fraction of sp³-hybridized carbons (Fsp3) is 0.600. The predicted molar refractivity (Wildman–Crippen MR) is 70.7 cm³/mol. The molecule has 2 aliphatic heterocycles. The van der Waals surface area contributed by atoms with Gasteiger partial charge in [-0.25, -0.2) is 0 Å². The number of ether oxygens (including phenoxy) is 4. The van der Waals surface area contributed by atoms with Crippen LogP contribution in [-0.2, 0) is 20.6 Å². The van der Waals surface area contributed by atoms with Crippen molar-refractivity contribution >= 4 is 0 Å². The summed E-state index contributed by atoms with van der Waals surface area (Å²) in [4.78, 5) is 0. The van der Waals surface area contributed by atoms with E-state index in [0.717, 1.165) is 38.6 Å². The van der Waals surface area contributed by atoms with Crippen molar-refractivity contribution in [2.75, 3.05) is 33.0 Å². The second-order valence-electron chi connectivity index (χ2n) is 5.15. The molecule has 0 N–H and O–H groups in total. The van der Waals surface area contributed by atoms with Gasteiger partial charge in [0.1, 0.15) is 24.6 Å². The molecule has 2 unspecified atom stereocenters. The summed E-state index contributed by atoms with van der Waals surface area (Å²) >= 11 is 0. The first-order valence-electron chi connectivity index (χ1n) is 6.84. The van der Waals surface area contributed by atoms with Crippen LogP contribution in [0.1, 0.15) is 11.1 Å². The summed E-state index contributed by atoms with van der Waals surface area (Å²) in [6.07, 6.45) is 1.58. The van der Waals surface area contributed by atoms with Crippen LogP contribution in [-0.4, -0.2) is 45.2 Å². The molecule has 1 aromatic carbocycles. The first-order valence-corrected chi connectivity index (χ1v) is 6.84. The van der Waals surface area contributed by atoms with Gasteiger partial charge in [-0.05, 0) is 30.5 Å². The number of rotatable bonds is 8. The molecule has 0 radical (unpaired) electrons. The van der Waals surface area contributed by atoms with Crippen LogP contribution in [0.4, 0.5) is 0 Å². The SMILES string of the molecule is Cc1cc(CCOCC2CO2)ccc1OCC1CO1. The van der Waals surface area contributed by atoms with Gasteiger partial charge in [-0.15, -0.1) is 0 Å². The van der Waals surface area contributed by atoms with Gasteiger partial charge >= 0.3 is 0 Å². The Morgan fingerprint density at radius 2 is 1.89 bits per heavy atom. The van der Waals surface area contributed by atoms with Gasteiger partial charge in [0.05, 0.1) is 26.4 Å². The Morgan fingerprint density at radius 3 is 2.58 bits per heavy atom. The molecular formula is C15H20O4. The minimum atomic E-state index is 0.303. The second kappa shape index (κ2) is 5.90. The smallest absolute Gasteiger partial charge is 0.122 e. The highest BCUT2D eigenvalue weighted by Gasteiger charge is 2.23. The minimum Gasteiger partial charge on any atom is -0.491 e. The van der Waals surface area contributed by atoms with Crippen molar-refractivity contribution in [2.24, 2.45) is 0 Å². The van der Waals surface area contributed by atoms with Crippen LogP contribution in [0.3, 0.4) is 0 Å². The van der Waals surface area contributed by atoms with Crippen molar-refractivity contribution in [3.8, 4) is 5.75 Å². The Morgan fingerprint density at radius 1 is 1.16 bits per heavy atom. The molecule has 4 nitrogen and oxygen atoms in total. The minimum absolute atomic E-state index is 0.303. The molecule has 2 saturated heterocycles. The number of hydrogen-bond acceptors (Lipinski definition) is 4. The van der Waals surface area contributed by atoms with E-state index >= 15 is 0 Å². The van der Waals surface area contributed by atoms with Crippen molar-refractivity contribution in [3.05, 3.63) is 29.3 Å². The molecule has 19 heavy (non-hydrogen) atoms. The molecule has 0 aromatic heterocycles. The van der Waals surface area contributed by atoms with E-state index in [9.17, 15) is 0 Å². The third-order valence-corrected chi connectivity index (χ3v) is 3.31. The fourth-order valence-corrected chi connectivity index (χ4v) is 1.95. The van der Waals surface area contributed by atoms with E-state index in [2.05, 4.69) is 19.1 Å². The molecule has 3 rings (SSSR count). The third-order valence-electron chi connectivity index (χ3n) is 3.31. The Kier molecular flexibility index (Phi) is 4.01. The largest absolute Gasteiger partial charge is 0.491 e. The Hall–Kier alpha value is -1.10. The highest BCUT2D eigenvalue weighted by atomic mass is 16.6. The lowest BCUT2D eigenvalue weighted by atomic mass is 10.1. The zero-order valence-corrected chi connectivity index (χ0v) is 11.3. The molecule has 0 aliphatic carbocycles. The highest BCUT2D eigenvalue weighted by Crippen LogP contribution is 2.21. The van der Waals surface area contributed by atoms with Crippen LogP contribution in [0.15, 0.2) is 18.2 Å². The first-order chi connectivity index (χ1) is 9.31. The van der Waals surface area contributed by atoms with Crippen molar-refractivity contribution in [1.29, 1.82) is 0 Å². The monoisotopic (exact) mass is 264 g/mol. The summed E-state index contributed by atoms with van der Waals surface area (Å²) in [6, 6.07) is 6.31. The first kappa shape index (κ1) is 12.9. The molecule has 0 amide bonds. The Balaban J connectivity index is 1.43. The molecule has 2 atom stereocenters. The maximum absolute atomic E-state index is 5.71. The average Bonchev–Trinajstić information content (AvgIpc) is 3.26. The summed E-state index contributed by atoms with van der Waals surface area (Å²) < 4.78 is 21.5. The van der Waals surface area contributed by atoms with Crippen LogP contribution in [0, 0.1) is 6.92 Å². The Bertz CT molecular complexity index is 424. The molecule has 4 heteroatoms. The lowest BCUT2D eigenvalue weighted by Crippen LogP contribution is -2.06. The van der Waals surface area contributed by atoms with Crippen molar-refractivity contribution in [1.82, 2.24) is 0 Å². The topological polar surface area (TPSA) is 43.5 Å². The second-order valence-corrected chi connectivity index (χ2v) is 5.15. The highest BCUT2D eigenvalue weighted by molar-refractivity contribution is 5.36. The quantitative estimate of drug-likeness (QED) is 0.530. The third kappa shape index (κ3) is 4.20. The van der Waals surface area contributed by atoms with Crippen LogP contribution in [0.2, 0.25) is 0 Å². The lowest BCUT2D eigenvalue weighted by Gasteiger charge is -2.10. The predicted octanol–water partition coefficient (Wildman–Crippen LogP) is 1.73. The van der Waals surface area contributed by atoms with Gasteiger partial charge in [0, 0.05) is 0 Å². The molecule has 2 aliphatic rings. The lowest BCUT2D eigenvalue weighted by molar-refractivity contribution is 0.119. The normalized spacial score (nSPS) is 24.3. The van der Waals surface area contributed by atoms with Crippen LogP contribution < -0.4 is 4.74 Å². The van der Waals surface area contributed by atoms with Gasteiger partial charge in [-0.1, -0.05) is 12.1 Å². The Labute approximate surface area is 113 Å². The molecule has 1 aromatic rings. The summed E-state index contributed by atoms with van der Waals surface area (Å²) in [5.41, 5.74) is 2.45. The van der Waals surface area contributed by atoms with Gasteiger partial charge in [0.15, 0.2) is 0 Å². The van der Waals surface area contributed by atoms with Crippen LogP contribution in [0.25, 0.3) is 0 Å². The molecular weight excluding hydrogens is 244 g/mol. The summed E-state index contributed by atoms with van der Waals surface area (Å²) in [6.45, 7) is 5.89. The summed E-state index contributed by atoms with van der Waals surface area (Å²) in [5, 5.41) is 0. The fourth-order valence-electron chi connectivity index (χ4n) is 1.95. The maximum atomic E-state index is 5.71. The standard InChI is InChI=1S/C15H20O4/c1-11-6-12(4-5-16-7-13-8-17-13)2-3-15(11)19-10-14-9-18-14/h2-3,6,13-14H,4-5,7-10H2,1H3. The van der Waals surface area contributed by atoms with Crippen molar-refractivity contribution < 1.29 is 18.9 Å². The van der Waals surface area contributed by atoms with E-state index in [1.807, 2.05) is 6.07 Å². The molecule has 2 fully saturated rings. The van der Waals surface area contributed by atoms with Crippen LogP contribution >= 0.6 is 0 Å². The number of aryl methyl sites for hydroxylation is 1. The van der Waals surface area contributed by atoms with E-state index in [1.165, 1.54) is 11.1 Å². The van der Waals surface area contributed by atoms with Gasteiger partial charge in [0.25, 0.3) is 0 Å². The molecule has 104 valence electrons. The van der Waals surface area contributed by atoms with E-state index in [-0.39, 0.29) is 0 Å². The number of benzene rings is 1. The van der Waals surface area contributed by atoms with Crippen LogP contribution in [0.5, 0.6) is 5.75 Å². The van der Waals surface area contributed by atoms with Gasteiger partial charge in [-0.2, -0.15) is 0 Å². The van der Waals surface area contributed by atoms with Gasteiger partial charge < -0.3 is 18.9 Å². The summed E-state index contributed by atoms with van der Waals surface area (Å²) in [7, 11) is 0. The van der Waals surface area contributed by atoms with E-state index in [0.29, 0.717) is 18.8 Å². The maximum Gasteiger partial charge on any atom is 0.122 e. The zero-order valence-electron chi connectivity index (χ0n) is 11.3. The van der Waals surface area contributed by atoms with Gasteiger partial charge in [0.2, 0.25) is 0 Å². The van der Waals surface area contributed by atoms with Crippen molar-refractivity contribution in [3.63, 3.8) is 0 Å². The number of epoxide rings is 2. The number of hydrogen-bond donors (Lipinski definition) is 0. The molecule has 0 saturated carbocycles. The molecule has 0 bridgehead atoms. The molecule has 2 heterocycles. The van der Waals surface area contributed by atoms with E-state index in [1.54, 1.807) is 0 Å². The average molecular weight is 264 g/mol. The van der Waals surface area contributed by atoms with E-state index < -0.39 is 0 Å². The van der Waals surface area contributed by atoms with Gasteiger partial charge in [-0.3, -0.25) is 0 Å². The summed E-state index contributed by atoms with van der Waals surface area (Å²) in [5.74, 6) is 0.951.